The van der Waals surface area contributed by atoms with Crippen molar-refractivity contribution in [1.29, 1.82) is 0 Å². The van der Waals surface area contributed by atoms with Gasteiger partial charge in [0.05, 0.1) is 6.61 Å². The third kappa shape index (κ3) is 4.41. The predicted molar refractivity (Wildman–Crippen MR) is 85.5 cm³/mol. The lowest BCUT2D eigenvalue weighted by atomic mass is 10.0. The Kier molecular flexibility index (Phi) is 5.67. The highest BCUT2D eigenvalue weighted by Gasteiger charge is 1.98. The third-order valence-corrected chi connectivity index (χ3v) is 3.50. The largest absolute Gasteiger partial charge is 0.494 e. The predicted octanol–water partition coefficient (Wildman–Crippen LogP) is 4.82. The third-order valence-electron chi connectivity index (χ3n) is 3.50. The van der Waals surface area contributed by atoms with Crippen molar-refractivity contribution in [1.82, 2.24) is 0 Å². The number of hydrogen-bond acceptors (Lipinski definition) is 1. The van der Waals surface area contributed by atoms with Crippen LogP contribution in [0.2, 0.25) is 0 Å². The van der Waals surface area contributed by atoms with Gasteiger partial charge in [-0.1, -0.05) is 49.7 Å². The average molecular weight is 268 g/mol. The normalized spacial score (nSPS) is 10.5. The Morgan fingerprint density at radius 1 is 0.650 bits per heavy atom. The molecule has 0 aliphatic carbocycles. The van der Waals surface area contributed by atoms with Crippen LogP contribution >= 0.6 is 0 Å². The van der Waals surface area contributed by atoms with Gasteiger partial charge in [0, 0.05) is 0 Å². The molecule has 0 amide bonds. The summed E-state index contributed by atoms with van der Waals surface area (Å²) in [7, 11) is 0. The molecule has 2 aromatic carbocycles. The minimum absolute atomic E-state index is 0.726. The van der Waals surface area contributed by atoms with E-state index in [1.165, 1.54) is 29.5 Å². The minimum Gasteiger partial charge on any atom is -0.494 e. The van der Waals surface area contributed by atoms with Gasteiger partial charge < -0.3 is 4.74 Å². The van der Waals surface area contributed by atoms with Crippen LogP contribution in [0.1, 0.15) is 37.0 Å². The smallest absolute Gasteiger partial charge is 0.119 e. The van der Waals surface area contributed by atoms with Crippen molar-refractivity contribution in [2.75, 3.05) is 6.61 Å². The Balaban J connectivity index is 1.87. The van der Waals surface area contributed by atoms with Gasteiger partial charge >= 0.3 is 0 Å². The van der Waals surface area contributed by atoms with Crippen LogP contribution in [0.25, 0.3) is 0 Å². The van der Waals surface area contributed by atoms with Crippen molar-refractivity contribution in [3.05, 3.63) is 65.2 Å². The zero-order chi connectivity index (χ0) is 14.2. The fourth-order valence-corrected chi connectivity index (χ4v) is 2.37. The topological polar surface area (TPSA) is 9.23 Å². The molecule has 0 aliphatic heterocycles. The van der Waals surface area contributed by atoms with Crippen LogP contribution in [0, 0.1) is 0 Å². The second-order valence-corrected chi connectivity index (χ2v) is 5.14. The highest BCUT2D eigenvalue weighted by Crippen LogP contribution is 2.14. The fourth-order valence-electron chi connectivity index (χ4n) is 2.37. The average Bonchev–Trinajstić information content (AvgIpc) is 2.49. The van der Waals surface area contributed by atoms with Gasteiger partial charge in [-0.05, 0) is 55.0 Å². The lowest BCUT2D eigenvalue weighted by molar-refractivity contribution is 0.340. The molecule has 1 heteroatoms. The van der Waals surface area contributed by atoms with Crippen molar-refractivity contribution in [2.24, 2.45) is 0 Å². The molecule has 106 valence electrons. The molecule has 0 N–H and O–H groups in total. The molecule has 0 unspecified atom stereocenters. The molecule has 0 saturated carbocycles. The molecule has 2 aromatic rings. The van der Waals surface area contributed by atoms with Crippen molar-refractivity contribution in [2.45, 2.75) is 39.5 Å². The number of benzene rings is 2. The number of rotatable bonds is 7. The molecule has 0 saturated heterocycles. The van der Waals surface area contributed by atoms with E-state index in [0.717, 1.165) is 25.2 Å². The first-order valence-electron chi connectivity index (χ1n) is 7.61. The molecule has 0 bridgehead atoms. The van der Waals surface area contributed by atoms with Crippen molar-refractivity contribution in [3.8, 4) is 5.75 Å². The van der Waals surface area contributed by atoms with Gasteiger partial charge in [0.15, 0.2) is 0 Å². The molecule has 2 rings (SSSR count). The van der Waals surface area contributed by atoms with Gasteiger partial charge in [0.25, 0.3) is 0 Å². The second-order valence-electron chi connectivity index (χ2n) is 5.14. The van der Waals surface area contributed by atoms with Gasteiger partial charge in [-0.15, -0.1) is 0 Å². The van der Waals surface area contributed by atoms with Gasteiger partial charge in [-0.25, -0.2) is 0 Å². The van der Waals surface area contributed by atoms with E-state index in [1.807, 2.05) is 6.92 Å². The van der Waals surface area contributed by atoms with Crippen molar-refractivity contribution in [3.63, 3.8) is 0 Å². The maximum Gasteiger partial charge on any atom is 0.119 e. The van der Waals surface area contributed by atoms with Crippen LogP contribution in [-0.2, 0) is 19.3 Å². The van der Waals surface area contributed by atoms with Gasteiger partial charge in [0.2, 0.25) is 0 Å². The van der Waals surface area contributed by atoms with Crippen LogP contribution < -0.4 is 4.74 Å². The van der Waals surface area contributed by atoms with Crippen LogP contribution in [0.15, 0.2) is 48.5 Å². The van der Waals surface area contributed by atoms with Gasteiger partial charge in [0.1, 0.15) is 5.75 Å². The van der Waals surface area contributed by atoms with Gasteiger partial charge in [-0.3, -0.25) is 0 Å². The Labute approximate surface area is 122 Å². The fraction of sp³-hybridized carbons (Fsp3) is 0.368. The highest BCUT2D eigenvalue weighted by molar-refractivity contribution is 5.29. The lowest BCUT2D eigenvalue weighted by Crippen LogP contribution is -1.94. The van der Waals surface area contributed by atoms with Crippen molar-refractivity contribution < 1.29 is 4.74 Å². The number of ether oxygens (including phenoxy) is 1. The second kappa shape index (κ2) is 7.74. The monoisotopic (exact) mass is 268 g/mol. The molecule has 0 heterocycles. The van der Waals surface area contributed by atoms with Crippen LogP contribution in [-0.4, -0.2) is 6.61 Å². The molecule has 20 heavy (non-hydrogen) atoms. The maximum absolute atomic E-state index is 5.46. The quantitative estimate of drug-likeness (QED) is 0.699. The van der Waals surface area contributed by atoms with E-state index in [2.05, 4.69) is 55.5 Å². The van der Waals surface area contributed by atoms with Crippen LogP contribution in [0.4, 0.5) is 0 Å². The molecule has 0 fully saturated rings. The first-order valence-corrected chi connectivity index (χ1v) is 7.61. The van der Waals surface area contributed by atoms with E-state index >= 15 is 0 Å². The summed E-state index contributed by atoms with van der Waals surface area (Å²) in [6.07, 6.45) is 4.57. The Hall–Kier alpha value is -1.76. The summed E-state index contributed by atoms with van der Waals surface area (Å²) in [4.78, 5) is 0. The Morgan fingerprint density at radius 2 is 1.10 bits per heavy atom. The summed E-state index contributed by atoms with van der Waals surface area (Å²) < 4.78 is 5.46. The molecule has 0 aliphatic rings. The van der Waals surface area contributed by atoms with E-state index in [-0.39, 0.29) is 0 Å². The summed E-state index contributed by atoms with van der Waals surface area (Å²) in [5.41, 5.74) is 4.22. The summed E-state index contributed by atoms with van der Waals surface area (Å²) in [6, 6.07) is 17.5. The standard InChI is InChI=1S/C19H24O/c1-3-5-16-6-8-17(9-7-16)10-11-18-12-14-19(15-13-18)20-4-2/h6-9,12-15H,3-5,10-11H2,1-2H3. The summed E-state index contributed by atoms with van der Waals surface area (Å²) in [5, 5.41) is 0. The zero-order valence-electron chi connectivity index (χ0n) is 12.6. The van der Waals surface area contributed by atoms with E-state index in [4.69, 9.17) is 4.74 Å². The summed E-state index contributed by atoms with van der Waals surface area (Å²) >= 11 is 0. The molecule has 1 nitrogen and oxygen atoms in total. The molecular formula is C19H24O. The maximum atomic E-state index is 5.46. The van der Waals surface area contributed by atoms with Crippen LogP contribution in [0.3, 0.4) is 0 Å². The van der Waals surface area contributed by atoms with E-state index in [1.54, 1.807) is 0 Å². The van der Waals surface area contributed by atoms with Gasteiger partial charge in [-0.2, -0.15) is 0 Å². The first-order chi connectivity index (χ1) is 9.81. The zero-order valence-corrected chi connectivity index (χ0v) is 12.6. The van der Waals surface area contributed by atoms with E-state index in [9.17, 15) is 0 Å². The number of hydrogen-bond donors (Lipinski definition) is 0. The van der Waals surface area contributed by atoms with E-state index in [0.29, 0.717) is 0 Å². The summed E-state index contributed by atoms with van der Waals surface area (Å²) in [6.45, 7) is 4.96. The van der Waals surface area contributed by atoms with E-state index < -0.39 is 0 Å². The Morgan fingerprint density at radius 3 is 1.55 bits per heavy atom. The Bertz CT molecular complexity index is 447. The molecule has 0 aromatic heterocycles. The number of aryl methyl sites for hydroxylation is 3. The SMILES string of the molecule is CCCc1ccc(CCc2ccc(OCC)cc2)cc1. The highest BCUT2D eigenvalue weighted by atomic mass is 16.5. The summed E-state index contributed by atoms with van der Waals surface area (Å²) in [5.74, 6) is 0.958. The minimum atomic E-state index is 0.726. The first kappa shape index (κ1) is 14.6. The molecule has 0 radical (unpaired) electrons. The lowest BCUT2D eigenvalue weighted by Gasteiger charge is -2.06. The van der Waals surface area contributed by atoms with Crippen molar-refractivity contribution >= 4 is 0 Å². The molecular weight excluding hydrogens is 244 g/mol. The van der Waals surface area contributed by atoms with Crippen LogP contribution in [0.5, 0.6) is 5.75 Å². The molecule has 0 spiro atoms. The molecule has 0 atom stereocenters.